The molecule has 0 aromatic carbocycles. The van der Waals surface area contributed by atoms with Crippen molar-refractivity contribution in [3.63, 3.8) is 0 Å². The Labute approximate surface area is 76.8 Å². The third kappa shape index (κ3) is 1.74. The predicted molar refractivity (Wildman–Crippen MR) is 45.9 cm³/mol. The average molecular weight is 186 g/mol. The molecule has 1 heterocycles. The molecule has 1 saturated heterocycles. The molecule has 1 unspecified atom stereocenters. The van der Waals surface area contributed by atoms with Crippen molar-refractivity contribution in [3.8, 4) is 0 Å². The summed E-state index contributed by atoms with van der Waals surface area (Å²) in [6.07, 6.45) is 0.614. The van der Waals surface area contributed by atoms with Gasteiger partial charge in [0.2, 0.25) is 0 Å². The number of hydrogen-bond acceptors (Lipinski definition) is 3. The van der Waals surface area contributed by atoms with E-state index in [1.165, 1.54) is 12.0 Å². The van der Waals surface area contributed by atoms with Crippen LogP contribution in [-0.4, -0.2) is 37.1 Å². The molecule has 0 bridgehead atoms. The van der Waals surface area contributed by atoms with Gasteiger partial charge >= 0.3 is 12.0 Å². The van der Waals surface area contributed by atoms with E-state index in [1.807, 2.05) is 0 Å². The minimum absolute atomic E-state index is 0.281. The van der Waals surface area contributed by atoms with E-state index >= 15 is 0 Å². The highest BCUT2D eigenvalue weighted by molar-refractivity contribution is 5.79. The highest BCUT2D eigenvalue weighted by Gasteiger charge is 2.42. The van der Waals surface area contributed by atoms with Gasteiger partial charge in [-0.15, -0.1) is 0 Å². The van der Waals surface area contributed by atoms with Crippen LogP contribution in [0.3, 0.4) is 0 Å². The number of amides is 2. The van der Waals surface area contributed by atoms with Crippen LogP contribution in [0.25, 0.3) is 0 Å². The fourth-order valence-electron chi connectivity index (χ4n) is 1.56. The van der Waals surface area contributed by atoms with Crippen LogP contribution in [0.15, 0.2) is 0 Å². The van der Waals surface area contributed by atoms with E-state index in [0.29, 0.717) is 19.5 Å². The summed E-state index contributed by atoms with van der Waals surface area (Å²) in [7, 11) is 1.35. The van der Waals surface area contributed by atoms with Gasteiger partial charge in [-0.3, -0.25) is 4.79 Å². The molecule has 5 heteroatoms. The van der Waals surface area contributed by atoms with Crippen LogP contribution in [0.4, 0.5) is 4.79 Å². The molecule has 1 aliphatic heterocycles. The minimum Gasteiger partial charge on any atom is -0.469 e. The SMILES string of the molecule is COC(=O)C1(C)CCN(C(N)=O)C1. The number of rotatable bonds is 1. The molecule has 13 heavy (non-hydrogen) atoms. The Morgan fingerprint density at radius 3 is 2.54 bits per heavy atom. The number of carbonyl (C=O) groups excluding carboxylic acids is 2. The van der Waals surface area contributed by atoms with Crippen LogP contribution in [0.1, 0.15) is 13.3 Å². The van der Waals surface area contributed by atoms with E-state index in [1.54, 1.807) is 6.92 Å². The van der Waals surface area contributed by atoms with Gasteiger partial charge in [-0.05, 0) is 13.3 Å². The van der Waals surface area contributed by atoms with Gasteiger partial charge in [-0.2, -0.15) is 0 Å². The number of likely N-dealkylation sites (tertiary alicyclic amines) is 1. The lowest BCUT2D eigenvalue weighted by atomic mass is 9.90. The summed E-state index contributed by atoms with van der Waals surface area (Å²) in [5.41, 5.74) is 4.52. The summed E-state index contributed by atoms with van der Waals surface area (Å²) in [4.78, 5) is 23.6. The lowest BCUT2D eigenvalue weighted by Gasteiger charge is -2.20. The molecule has 0 aromatic heterocycles. The highest BCUT2D eigenvalue weighted by Crippen LogP contribution is 2.30. The quantitative estimate of drug-likeness (QED) is 0.583. The number of ether oxygens (including phenoxy) is 1. The standard InChI is InChI=1S/C8H14N2O3/c1-8(6(11)13-2)3-4-10(5-8)7(9)12/h3-5H2,1-2H3,(H2,9,12). The van der Waals surface area contributed by atoms with Crippen LogP contribution in [0.5, 0.6) is 0 Å². The van der Waals surface area contributed by atoms with E-state index in [-0.39, 0.29) is 5.97 Å². The van der Waals surface area contributed by atoms with E-state index in [9.17, 15) is 9.59 Å². The third-order valence-electron chi connectivity index (χ3n) is 2.46. The second-order valence-corrected chi connectivity index (χ2v) is 3.56. The van der Waals surface area contributed by atoms with Gasteiger partial charge in [0.1, 0.15) is 0 Å². The molecule has 0 radical (unpaired) electrons. The van der Waals surface area contributed by atoms with Crippen LogP contribution in [0.2, 0.25) is 0 Å². The Morgan fingerprint density at radius 2 is 2.15 bits per heavy atom. The molecule has 1 aliphatic rings. The van der Waals surface area contributed by atoms with Crippen LogP contribution in [-0.2, 0) is 9.53 Å². The van der Waals surface area contributed by atoms with Gasteiger partial charge in [-0.1, -0.05) is 0 Å². The summed E-state index contributed by atoms with van der Waals surface area (Å²) in [5.74, 6) is -0.281. The van der Waals surface area contributed by atoms with Gasteiger partial charge in [0, 0.05) is 13.1 Å². The maximum atomic E-state index is 11.3. The average Bonchev–Trinajstić information content (AvgIpc) is 2.48. The Kier molecular flexibility index (Phi) is 2.45. The molecule has 0 aromatic rings. The van der Waals surface area contributed by atoms with Crippen molar-refractivity contribution in [1.29, 1.82) is 0 Å². The maximum Gasteiger partial charge on any atom is 0.314 e. The maximum absolute atomic E-state index is 11.3. The molecular weight excluding hydrogens is 172 g/mol. The Hall–Kier alpha value is -1.26. The Morgan fingerprint density at radius 1 is 1.54 bits per heavy atom. The largest absolute Gasteiger partial charge is 0.469 e. The number of hydrogen-bond donors (Lipinski definition) is 1. The molecule has 1 rings (SSSR count). The molecule has 2 amide bonds. The van der Waals surface area contributed by atoms with E-state index in [2.05, 4.69) is 4.74 Å². The molecular formula is C8H14N2O3. The van der Waals surface area contributed by atoms with Crippen molar-refractivity contribution in [2.75, 3.05) is 20.2 Å². The van der Waals surface area contributed by atoms with Gasteiger partial charge < -0.3 is 15.4 Å². The predicted octanol–water partition coefficient (Wildman–Crippen LogP) is -0.0499. The van der Waals surface area contributed by atoms with E-state index in [0.717, 1.165) is 0 Å². The van der Waals surface area contributed by atoms with Crippen molar-refractivity contribution in [2.45, 2.75) is 13.3 Å². The molecule has 1 fully saturated rings. The second kappa shape index (κ2) is 3.24. The fraction of sp³-hybridized carbons (Fsp3) is 0.750. The summed E-state index contributed by atoms with van der Waals surface area (Å²) in [6, 6.07) is -0.479. The molecule has 2 N–H and O–H groups in total. The Bertz CT molecular complexity index is 242. The fourth-order valence-corrected chi connectivity index (χ4v) is 1.56. The van der Waals surface area contributed by atoms with Crippen molar-refractivity contribution >= 4 is 12.0 Å². The van der Waals surface area contributed by atoms with Gasteiger partial charge in [0.15, 0.2) is 0 Å². The van der Waals surface area contributed by atoms with E-state index < -0.39 is 11.4 Å². The van der Waals surface area contributed by atoms with Crippen LogP contribution in [0, 0.1) is 5.41 Å². The van der Waals surface area contributed by atoms with Crippen molar-refractivity contribution in [2.24, 2.45) is 11.1 Å². The van der Waals surface area contributed by atoms with Gasteiger partial charge in [-0.25, -0.2) is 4.79 Å². The summed E-state index contributed by atoms with van der Waals surface area (Å²) in [6.45, 7) is 2.66. The normalized spacial score (nSPS) is 27.4. The summed E-state index contributed by atoms with van der Waals surface area (Å²) >= 11 is 0. The number of primary amides is 1. The lowest BCUT2D eigenvalue weighted by Crippen LogP contribution is -2.38. The summed E-state index contributed by atoms with van der Waals surface area (Å²) < 4.78 is 4.65. The lowest BCUT2D eigenvalue weighted by molar-refractivity contribution is -0.150. The molecule has 0 saturated carbocycles. The number of carbonyl (C=O) groups is 2. The molecule has 0 aliphatic carbocycles. The first-order chi connectivity index (χ1) is 5.99. The zero-order valence-electron chi connectivity index (χ0n) is 7.87. The number of urea groups is 1. The molecule has 1 atom stereocenters. The summed E-state index contributed by atoms with van der Waals surface area (Å²) in [5, 5.41) is 0. The minimum atomic E-state index is -0.580. The van der Waals surface area contributed by atoms with Crippen molar-refractivity contribution in [3.05, 3.63) is 0 Å². The molecule has 0 spiro atoms. The first kappa shape index (κ1) is 9.83. The van der Waals surface area contributed by atoms with Crippen LogP contribution >= 0.6 is 0 Å². The zero-order chi connectivity index (χ0) is 10.1. The second-order valence-electron chi connectivity index (χ2n) is 3.56. The topological polar surface area (TPSA) is 72.6 Å². The monoisotopic (exact) mass is 186 g/mol. The van der Waals surface area contributed by atoms with E-state index in [4.69, 9.17) is 5.73 Å². The Balaban J connectivity index is 2.66. The number of nitrogens with two attached hydrogens (primary N) is 1. The van der Waals surface area contributed by atoms with Gasteiger partial charge in [0.25, 0.3) is 0 Å². The number of methoxy groups -OCH3 is 1. The molecule has 74 valence electrons. The molecule has 5 nitrogen and oxygen atoms in total. The van der Waals surface area contributed by atoms with Crippen LogP contribution < -0.4 is 5.73 Å². The van der Waals surface area contributed by atoms with Crippen molar-refractivity contribution in [1.82, 2.24) is 4.90 Å². The first-order valence-corrected chi connectivity index (χ1v) is 4.12. The van der Waals surface area contributed by atoms with Gasteiger partial charge in [0.05, 0.1) is 12.5 Å². The zero-order valence-corrected chi connectivity index (χ0v) is 7.87. The van der Waals surface area contributed by atoms with Crippen molar-refractivity contribution < 1.29 is 14.3 Å². The first-order valence-electron chi connectivity index (χ1n) is 4.12. The third-order valence-corrected chi connectivity index (χ3v) is 2.46. The number of nitrogens with zero attached hydrogens (tertiary/aromatic N) is 1. The number of esters is 1. The smallest absolute Gasteiger partial charge is 0.314 e. The highest BCUT2D eigenvalue weighted by atomic mass is 16.5.